The Morgan fingerprint density at radius 2 is 1.89 bits per heavy atom. The number of carbonyl (C=O) groups is 2. The van der Waals surface area contributed by atoms with Crippen molar-refractivity contribution < 1.29 is 9.59 Å². The first-order chi connectivity index (χ1) is 8.67. The van der Waals surface area contributed by atoms with E-state index in [1.165, 1.54) is 12.8 Å². The van der Waals surface area contributed by atoms with E-state index in [1.807, 2.05) is 13.8 Å². The van der Waals surface area contributed by atoms with Crippen LogP contribution in [0.3, 0.4) is 0 Å². The van der Waals surface area contributed by atoms with Crippen LogP contribution in [-0.4, -0.2) is 49.4 Å². The lowest BCUT2D eigenvalue weighted by atomic mass is 10.3. The highest BCUT2D eigenvalue weighted by Gasteiger charge is 2.21. The van der Waals surface area contributed by atoms with Crippen LogP contribution in [0.1, 0.15) is 33.1 Å². The van der Waals surface area contributed by atoms with Crippen LogP contribution >= 0.6 is 0 Å². The Bertz CT molecular complexity index is 273. The average molecular weight is 255 g/mol. The molecule has 1 aliphatic rings. The second-order valence-corrected chi connectivity index (χ2v) is 4.74. The summed E-state index contributed by atoms with van der Waals surface area (Å²) < 4.78 is 0. The van der Waals surface area contributed by atoms with Gasteiger partial charge in [0.05, 0.1) is 6.54 Å². The molecule has 5 nitrogen and oxygen atoms in total. The average Bonchev–Trinajstić information content (AvgIpc) is 3.17. The molecule has 1 fully saturated rings. The Balaban J connectivity index is 1.99. The summed E-state index contributed by atoms with van der Waals surface area (Å²) in [5.74, 6) is 0.876. The van der Waals surface area contributed by atoms with E-state index in [4.69, 9.17) is 0 Å². The number of amides is 2. The van der Waals surface area contributed by atoms with Crippen LogP contribution in [0.5, 0.6) is 0 Å². The first kappa shape index (κ1) is 15.0. The summed E-state index contributed by atoms with van der Waals surface area (Å²) in [7, 11) is 0. The molecule has 0 spiro atoms. The van der Waals surface area contributed by atoms with E-state index in [-0.39, 0.29) is 11.8 Å². The van der Waals surface area contributed by atoms with Crippen molar-refractivity contribution >= 4 is 11.8 Å². The maximum absolute atomic E-state index is 11.7. The van der Waals surface area contributed by atoms with Crippen molar-refractivity contribution in [1.82, 2.24) is 15.5 Å². The Hall–Kier alpha value is -1.10. The molecule has 1 saturated carbocycles. The predicted octanol–water partition coefficient (Wildman–Crippen LogP) is 0.361. The van der Waals surface area contributed by atoms with Crippen LogP contribution in [0, 0.1) is 5.92 Å². The van der Waals surface area contributed by atoms with Gasteiger partial charge in [-0.1, -0.05) is 0 Å². The van der Waals surface area contributed by atoms with Crippen LogP contribution in [0.2, 0.25) is 0 Å². The van der Waals surface area contributed by atoms with Crippen LogP contribution in [0.25, 0.3) is 0 Å². The van der Waals surface area contributed by atoms with Crippen molar-refractivity contribution in [2.75, 3.05) is 32.7 Å². The summed E-state index contributed by atoms with van der Waals surface area (Å²) in [5.41, 5.74) is 0. The molecule has 0 aliphatic heterocycles. The lowest BCUT2D eigenvalue weighted by molar-refractivity contribution is -0.131. The van der Waals surface area contributed by atoms with Gasteiger partial charge in [0.15, 0.2) is 0 Å². The number of rotatable bonds is 9. The van der Waals surface area contributed by atoms with Gasteiger partial charge in [-0.05, 0) is 32.6 Å². The van der Waals surface area contributed by atoms with E-state index >= 15 is 0 Å². The molecule has 1 aliphatic carbocycles. The second kappa shape index (κ2) is 8.08. The molecule has 0 aromatic heterocycles. The Kier molecular flexibility index (Phi) is 6.72. The van der Waals surface area contributed by atoms with Crippen molar-refractivity contribution in [2.45, 2.75) is 33.1 Å². The van der Waals surface area contributed by atoms with E-state index in [9.17, 15) is 9.59 Å². The minimum atomic E-state index is 0.0252. The third kappa shape index (κ3) is 6.00. The number of nitrogens with one attached hydrogen (secondary N) is 2. The zero-order chi connectivity index (χ0) is 13.4. The van der Waals surface area contributed by atoms with Gasteiger partial charge in [-0.3, -0.25) is 9.59 Å². The molecule has 2 amide bonds. The molecule has 0 atom stereocenters. The Morgan fingerprint density at radius 3 is 2.44 bits per heavy atom. The summed E-state index contributed by atoms with van der Waals surface area (Å²) in [6.45, 7) is 7.11. The summed E-state index contributed by atoms with van der Waals surface area (Å²) in [6.07, 6.45) is 2.94. The summed E-state index contributed by atoms with van der Waals surface area (Å²) in [4.78, 5) is 24.9. The maximum atomic E-state index is 11.7. The SMILES string of the molecule is CCN(CC)C(=O)CCNCC(=O)NCC1CC1. The highest BCUT2D eigenvalue weighted by atomic mass is 16.2. The molecule has 104 valence electrons. The van der Waals surface area contributed by atoms with Gasteiger partial charge >= 0.3 is 0 Å². The van der Waals surface area contributed by atoms with Crippen molar-refractivity contribution in [3.8, 4) is 0 Å². The number of hydrogen-bond donors (Lipinski definition) is 2. The first-order valence-electron chi connectivity index (χ1n) is 6.92. The molecule has 0 heterocycles. The lowest BCUT2D eigenvalue weighted by Gasteiger charge is -2.18. The van der Waals surface area contributed by atoms with Gasteiger partial charge in [-0.25, -0.2) is 0 Å². The van der Waals surface area contributed by atoms with E-state index in [2.05, 4.69) is 10.6 Å². The molecule has 0 radical (unpaired) electrons. The summed E-state index contributed by atoms with van der Waals surface area (Å²) in [5, 5.41) is 5.88. The topological polar surface area (TPSA) is 61.4 Å². The third-order valence-corrected chi connectivity index (χ3v) is 3.20. The molecular formula is C13H25N3O2. The molecule has 0 aromatic carbocycles. The third-order valence-electron chi connectivity index (χ3n) is 3.20. The van der Waals surface area contributed by atoms with Gasteiger partial charge in [0, 0.05) is 32.6 Å². The largest absolute Gasteiger partial charge is 0.355 e. The van der Waals surface area contributed by atoms with Crippen molar-refractivity contribution in [3.63, 3.8) is 0 Å². The van der Waals surface area contributed by atoms with Crippen LogP contribution < -0.4 is 10.6 Å². The van der Waals surface area contributed by atoms with Crippen LogP contribution in [0.15, 0.2) is 0 Å². The zero-order valence-corrected chi connectivity index (χ0v) is 11.5. The van der Waals surface area contributed by atoms with Gasteiger partial charge in [0.1, 0.15) is 0 Å². The van der Waals surface area contributed by atoms with E-state index in [0.29, 0.717) is 25.4 Å². The van der Waals surface area contributed by atoms with Gasteiger partial charge in [0.2, 0.25) is 11.8 Å². The molecule has 0 bridgehead atoms. The van der Waals surface area contributed by atoms with Gasteiger partial charge < -0.3 is 15.5 Å². The van der Waals surface area contributed by atoms with Gasteiger partial charge in [-0.15, -0.1) is 0 Å². The summed E-state index contributed by atoms with van der Waals surface area (Å²) in [6, 6.07) is 0. The highest BCUT2D eigenvalue weighted by Crippen LogP contribution is 2.27. The zero-order valence-electron chi connectivity index (χ0n) is 11.5. The van der Waals surface area contributed by atoms with Crippen molar-refractivity contribution in [3.05, 3.63) is 0 Å². The van der Waals surface area contributed by atoms with Gasteiger partial charge in [0.25, 0.3) is 0 Å². The lowest BCUT2D eigenvalue weighted by Crippen LogP contribution is -2.37. The standard InChI is InChI=1S/C13H25N3O2/c1-3-16(4-2)13(18)7-8-14-10-12(17)15-9-11-5-6-11/h11,14H,3-10H2,1-2H3,(H,15,17). The fourth-order valence-corrected chi connectivity index (χ4v) is 1.77. The summed E-state index contributed by atoms with van der Waals surface area (Å²) >= 11 is 0. The quantitative estimate of drug-likeness (QED) is 0.585. The Labute approximate surface area is 109 Å². The van der Waals surface area contributed by atoms with Gasteiger partial charge in [-0.2, -0.15) is 0 Å². The molecule has 18 heavy (non-hydrogen) atoms. The molecule has 5 heteroatoms. The Morgan fingerprint density at radius 1 is 1.22 bits per heavy atom. The van der Waals surface area contributed by atoms with Crippen LogP contribution in [0.4, 0.5) is 0 Å². The molecule has 0 unspecified atom stereocenters. The number of hydrogen-bond acceptors (Lipinski definition) is 3. The van der Waals surface area contributed by atoms with Crippen molar-refractivity contribution in [1.29, 1.82) is 0 Å². The second-order valence-electron chi connectivity index (χ2n) is 4.74. The minimum Gasteiger partial charge on any atom is -0.355 e. The molecular weight excluding hydrogens is 230 g/mol. The predicted molar refractivity (Wildman–Crippen MR) is 71.1 cm³/mol. The van der Waals surface area contributed by atoms with Crippen molar-refractivity contribution in [2.24, 2.45) is 5.92 Å². The molecule has 0 aromatic rings. The minimum absolute atomic E-state index is 0.0252. The smallest absolute Gasteiger partial charge is 0.233 e. The molecule has 0 saturated heterocycles. The van der Waals surface area contributed by atoms with E-state index in [1.54, 1.807) is 4.90 Å². The van der Waals surface area contributed by atoms with E-state index in [0.717, 1.165) is 19.6 Å². The number of nitrogens with zero attached hydrogens (tertiary/aromatic N) is 1. The molecule has 1 rings (SSSR count). The molecule has 2 N–H and O–H groups in total. The van der Waals surface area contributed by atoms with Crippen LogP contribution in [-0.2, 0) is 9.59 Å². The first-order valence-corrected chi connectivity index (χ1v) is 6.92. The fraction of sp³-hybridized carbons (Fsp3) is 0.846. The van der Waals surface area contributed by atoms with E-state index < -0.39 is 0 Å². The maximum Gasteiger partial charge on any atom is 0.233 e. The highest BCUT2D eigenvalue weighted by molar-refractivity contribution is 5.78. The fourth-order valence-electron chi connectivity index (χ4n) is 1.77. The monoisotopic (exact) mass is 255 g/mol. The number of carbonyl (C=O) groups excluding carboxylic acids is 2. The normalized spacial score (nSPS) is 14.3.